The predicted molar refractivity (Wildman–Crippen MR) is 104 cm³/mol. The number of amides is 1. The van der Waals surface area contributed by atoms with Crippen LogP contribution < -0.4 is 16.2 Å². The fraction of sp³-hybridized carbons (Fsp3) is 0.200. The Morgan fingerprint density at radius 2 is 1.61 bits per heavy atom. The molecule has 3 rings (SSSR count). The number of hydrogen-bond acceptors (Lipinski definition) is 3. The number of rotatable bonds is 5. The van der Waals surface area contributed by atoms with Crippen molar-refractivity contribution in [3.05, 3.63) is 76.2 Å². The number of halogens is 2. The summed E-state index contributed by atoms with van der Waals surface area (Å²) in [6.07, 6.45) is 0. The molecule has 0 spiro atoms. The maximum atomic E-state index is 13.7. The molecule has 28 heavy (non-hydrogen) atoms. The van der Waals surface area contributed by atoms with Gasteiger partial charge in [-0.3, -0.25) is 14.3 Å². The average Bonchev–Trinajstić information content (AvgIpc) is 2.88. The first-order chi connectivity index (χ1) is 13.3. The van der Waals surface area contributed by atoms with Crippen LogP contribution in [0.3, 0.4) is 0 Å². The van der Waals surface area contributed by atoms with Crippen molar-refractivity contribution in [3.63, 3.8) is 0 Å². The van der Waals surface area contributed by atoms with E-state index in [1.807, 2.05) is 18.2 Å². The molecule has 6 nitrogen and oxygen atoms in total. The van der Waals surface area contributed by atoms with Gasteiger partial charge in [-0.1, -0.05) is 24.3 Å². The highest BCUT2D eigenvalue weighted by molar-refractivity contribution is 5.96. The maximum absolute atomic E-state index is 13.7. The monoisotopic (exact) mass is 386 g/mol. The van der Waals surface area contributed by atoms with Gasteiger partial charge in [-0.2, -0.15) is 0 Å². The number of aromatic nitrogens is 2. The molecule has 1 amide bonds. The van der Waals surface area contributed by atoms with E-state index in [0.29, 0.717) is 11.4 Å². The third-order valence-corrected chi connectivity index (χ3v) is 4.52. The second kappa shape index (κ2) is 7.67. The molecule has 0 fully saturated rings. The number of para-hydroxylation sites is 2. The van der Waals surface area contributed by atoms with Crippen molar-refractivity contribution in [1.29, 1.82) is 0 Å². The first-order valence-corrected chi connectivity index (χ1v) is 8.66. The first-order valence-electron chi connectivity index (χ1n) is 8.66. The maximum Gasteiger partial charge on any atom is 0.295 e. The van der Waals surface area contributed by atoms with Crippen LogP contribution in [0, 0.1) is 18.6 Å². The van der Waals surface area contributed by atoms with Gasteiger partial charge in [0, 0.05) is 7.05 Å². The van der Waals surface area contributed by atoms with Crippen LogP contribution in [0.5, 0.6) is 0 Å². The molecular formula is C20H20F2N4O2. The van der Waals surface area contributed by atoms with E-state index >= 15 is 0 Å². The molecule has 0 radical (unpaired) electrons. The van der Waals surface area contributed by atoms with Gasteiger partial charge in [-0.25, -0.2) is 13.5 Å². The van der Waals surface area contributed by atoms with Crippen molar-refractivity contribution < 1.29 is 13.6 Å². The Kier molecular flexibility index (Phi) is 5.30. The summed E-state index contributed by atoms with van der Waals surface area (Å²) in [5, 5.41) is 5.08. The van der Waals surface area contributed by atoms with Gasteiger partial charge in [-0.15, -0.1) is 0 Å². The molecular weight excluding hydrogens is 366 g/mol. The van der Waals surface area contributed by atoms with Gasteiger partial charge in [0.15, 0.2) is 0 Å². The number of benzene rings is 2. The van der Waals surface area contributed by atoms with Crippen molar-refractivity contribution in [2.24, 2.45) is 7.05 Å². The van der Waals surface area contributed by atoms with Crippen LogP contribution in [0.15, 0.2) is 53.3 Å². The van der Waals surface area contributed by atoms with E-state index in [2.05, 4.69) is 10.6 Å². The summed E-state index contributed by atoms with van der Waals surface area (Å²) in [7, 11) is 1.73. The van der Waals surface area contributed by atoms with Gasteiger partial charge < -0.3 is 10.6 Å². The summed E-state index contributed by atoms with van der Waals surface area (Å²) in [6.45, 7) is 3.25. The Balaban J connectivity index is 1.86. The minimum Gasteiger partial charge on any atom is -0.368 e. The summed E-state index contributed by atoms with van der Waals surface area (Å²) < 4.78 is 30.6. The van der Waals surface area contributed by atoms with Crippen LogP contribution in [-0.2, 0) is 11.8 Å². The lowest BCUT2D eigenvalue weighted by molar-refractivity contribution is -0.116. The summed E-state index contributed by atoms with van der Waals surface area (Å²) in [6, 6.07) is 11.5. The zero-order chi connectivity index (χ0) is 20.4. The molecule has 1 heterocycles. The molecule has 0 aliphatic carbocycles. The van der Waals surface area contributed by atoms with E-state index in [-0.39, 0.29) is 11.2 Å². The molecule has 2 aromatic carbocycles. The summed E-state index contributed by atoms with van der Waals surface area (Å²) in [4.78, 5) is 25.2. The SMILES string of the molecule is Cc1c(NC(C)C(=O)Nc2c(F)cccc2F)c(=O)n(-c2ccccc2)n1C. The normalized spacial score (nSPS) is 11.9. The standard InChI is InChI=1S/C20H20F2N4O2/c1-12(19(27)24-18-15(21)10-7-11-16(18)22)23-17-13(2)25(3)26(20(17)28)14-8-5-4-6-9-14/h4-12,23H,1-3H3,(H,24,27). The number of anilines is 2. The van der Waals surface area contributed by atoms with Gasteiger partial charge >= 0.3 is 0 Å². The Morgan fingerprint density at radius 3 is 2.21 bits per heavy atom. The van der Waals surface area contributed by atoms with E-state index in [0.717, 1.165) is 12.1 Å². The molecule has 0 aliphatic heterocycles. The molecule has 3 aromatic rings. The van der Waals surface area contributed by atoms with E-state index in [9.17, 15) is 18.4 Å². The molecule has 2 N–H and O–H groups in total. The molecule has 0 saturated heterocycles. The fourth-order valence-corrected chi connectivity index (χ4v) is 2.87. The zero-order valence-electron chi connectivity index (χ0n) is 15.7. The van der Waals surface area contributed by atoms with Gasteiger partial charge in [0.25, 0.3) is 5.56 Å². The Hall–Kier alpha value is -3.42. The van der Waals surface area contributed by atoms with Crippen LogP contribution in [0.1, 0.15) is 12.6 Å². The van der Waals surface area contributed by atoms with E-state index in [1.165, 1.54) is 17.7 Å². The van der Waals surface area contributed by atoms with Crippen LogP contribution in [0.25, 0.3) is 5.69 Å². The largest absolute Gasteiger partial charge is 0.368 e. The number of nitrogens with zero attached hydrogens (tertiary/aromatic N) is 2. The van der Waals surface area contributed by atoms with E-state index in [1.54, 1.807) is 30.8 Å². The second-order valence-electron chi connectivity index (χ2n) is 6.39. The third-order valence-electron chi connectivity index (χ3n) is 4.52. The van der Waals surface area contributed by atoms with Crippen molar-refractivity contribution >= 4 is 17.3 Å². The number of carbonyl (C=O) groups excluding carboxylic acids is 1. The lowest BCUT2D eigenvalue weighted by atomic mass is 10.2. The Bertz CT molecular complexity index is 1050. The summed E-state index contributed by atoms with van der Waals surface area (Å²) in [5.41, 5.74) is 0.681. The fourth-order valence-electron chi connectivity index (χ4n) is 2.87. The van der Waals surface area contributed by atoms with Crippen LogP contribution in [0.2, 0.25) is 0 Å². The zero-order valence-corrected chi connectivity index (χ0v) is 15.7. The molecule has 1 atom stereocenters. The van der Waals surface area contributed by atoms with Crippen LogP contribution in [-0.4, -0.2) is 21.3 Å². The molecule has 1 aromatic heterocycles. The predicted octanol–water partition coefficient (Wildman–Crippen LogP) is 3.20. The lowest BCUT2D eigenvalue weighted by Crippen LogP contribution is -2.34. The average molecular weight is 386 g/mol. The van der Waals surface area contributed by atoms with Crippen molar-refractivity contribution in [2.45, 2.75) is 19.9 Å². The number of nitrogens with one attached hydrogen (secondary N) is 2. The number of carbonyl (C=O) groups is 1. The molecule has 146 valence electrons. The lowest BCUT2D eigenvalue weighted by Gasteiger charge is -2.15. The summed E-state index contributed by atoms with van der Waals surface area (Å²) in [5.74, 6) is -2.41. The smallest absolute Gasteiger partial charge is 0.295 e. The van der Waals surface area contributed by atoms with Gasteiger partial charge in [0.05, 0.1) is 11.4 Å². The van der Waals surface area contributed by atoms with E-state index in [4.69, 9.17) is 0 Å². The third kappa shape index (κ3) is 3.53. The Labute approximate surface area is 160 Å². The topological polar surface area (TPSA) is 68.1 Å². The van der Waals surface area contributed by atoms with Crippen molar-refractivity contribution in [2.75, 3.05) is 10.6 Å². The quantitative estimate of drug-likeness (QED) is 0.708. The number of hydrogen-bond donors (Lipinski definition) is 2. The van der Waals surface area contributed by atoms with Gasteiger partial charge in [0.1, 0.15) is 29.1 Å². The van der Waals surface area contributed by atoms with Crippen LogP contribution >= 0.6 is 0 Å². The van der Waals surface area contributed by atoms with Gasteiger partial charge in [0.2, 0.25) is 5.91 Å². The highest BCUT2D eigenvalue weighted by Gasteiger charge is 2.22. The van der Waals surface area contributed by atoms with Crippen LogP contribution in [0.4, 0.5) is 20.2 Å². The highest BCUT2D eigenvalue weighted by Crippen LogP contribution is 2.19. The minimum atomic E-state index is -0.906. The first kappa shape index (κ1) is 19.3. The molecule has 0 saturated carbocycles. The Morgan fingerprint density at radius 1 is 1.00 bits per heavy atom. The molecule has 1 unspecified atom stereocenters. The second-order valence-corrected chi connectivity index (χ2v) is 6.39. The van der Waals surface area contributed by atoms with E-state index < -0.39 is 29.3 Å². The molecule has 0 bridgehead atoms. The van der Waals surface area contributed by atoms with Crippen molar-refractivity contribution in [1.82, 2.24) is 9.36 Å². The van der Waals surface area contributed by atoms with Crippen molar-refractivity contribution in [3.8, 4) is 5.69 Å². The molecule has 0 aliphatic rings. The minimum absolute atomic E-state index is 0.239. The van der Waals surface area contributed by atoms with Gasteiger partial charge in [-0.05, 0) is 38.1 Å². The highest BCUT2D eigenvalue weighted by atomic mass is 19.1. The summed E-state index contributed by atoms with van der Waals surface area (Å²) >= 11 is 0. The molecule has 8 heteroatoms.